The Labute approximate surface area is 151 Å². The number of aliphatic hydroxyl groups excluding tert-OH is 1. The van der Waals surface area contributed by atoms with E-state index in [1.807, 2.05) is 61.6 Å². The van der Waals surface area contributed by atoms with Gasteiger partial charge in [0.15, 0.2) is 5.82 Å². The van der Waals surface area contributed by atoms with Crippen molar-refractivity contribution < 1.29 is 5.11 Å². The predicted molar refractivity (Wildman–Crippen MR) is 102 cm³/mol. The van der Waals surface area contributed by atoms with E-state index < -0.39 is 6.10 Å². The van der Waals surface area contributed by atoms with Gasteiger partial charge >= 0.3 is 0 Å². The van der Waals surface area contributed by atoms with Crippen LogP contribution in [0.2, 0.25) is 0 Å². The molecule has 0 amide bonds. The quantitative estimate of drug-likeness (QED) is 0.581. The maximum atomic E-state index is 10.4. The Morgan fingerprint density at radius 2 is 1.81 bits per heavy atom. The van der Waals surface area contributed by atoms with Gasteiger partial charge in [-0.15, -0.1) is 0 Å². The number of aliphatic hydroxyl groups is 1. The Morgan fingerprint density at radius 3 is 2.58 bits per heavy atom. The van der Waals surface area contributed by atoms with Crippen LogP contribution in [0.3, 0.4) is 0 Å². The van der Waals surface area contributed by atoms with E-state index in [4.69, 9.17) is 0 Å². The van der Waals surface area contributed by atoms with Crippen molar-refractivity contribution in [2.75, 3.05) is 11.9 Å². The van der Waals surface area contributed by atoms with Crippen LogP contribution in [0, 0.1) is 0 Å². The fourth-order valence-electron chi connectivity index (χ4n) is 2.85. The summed E-state index contributed by atoms with van der Waals surface area (Å²) in [6, 6.07) is 17.7. The molecular weight excluding hydrogens is 326 g/mol. The largest absolute Gasteiger partial charge is 0.386 e. The molecule has 0 aliphatic carbocycles. The highest BCUT2D eigenvalue weighted by molar-refractivity contribution is 5.90. The van der Waals surface area contributed by atoms with Crippen LogP contribution in [0.5, 0.6) is 0 Å². The molecule has 0 saturated heterocycles. The molecule has 0 spiro atoms. The summed E-state index contributed by atoms with van der Waals surface area (Å²) < 4.78 is 1.67. The van der Waals surface area contributed by atoms with Gasteiger partial charge in [0.2, 0.25) is 0 Å². The molecule has 6 heteroatoms. The fourth-order valence-corrected chi connectivity index (χ4v) is 2.85. The maximum Gasteiger partial charge on any atom is 0.162 e. The molecule has 0 radical (unpaired) electrons. The Balaban J connectivity index is 1.67. The minimum Gasteiger partial charge on any atom is -0.386 e. The zero-order valence-electron chi connectivity index (χ0n) is 14.4. The highest BCUT2D eigenvalue weighted by atomic mass is 16.3. The van der Waals surface area contributed by atoms with Crippen molar-refractivity contribution in [1.82, 2.24) is 19.7 Å². The number of fused-ring (bicyclic) bond motifs is 1. The number of rotatable bonds is 5. The van der Waals surface area contributed by atoms with Gasteiger partial charge in [0, 0.05) is 36.3 Å². The molecule has 0 aliphatic heterocycles. The van der Waals surface area contributed by atoms with Crippen LogP contribution >= 0.6 is 0 Å². The first-order valence-electron chi connectivity index (χ1n) is 8.43. The lowest BCUT2D eigenvalue weighted by molar-refractivity contribution is 0.191. The Bertz CT molecular complexity index is 1030. The Morgan fingerprint density at radius 1 is 1.04 bits per heavy atom. The number of aryl methyl sites for hydroxylation is 1. The molecule has 2 N–H and O–H groups in total. The Hall–Kier alpha value is -3.25. The van der Waals surface area contributed by atoms with E-state index >= 15 is 0 Å². The molecule has 4 rings (SSSR count). The van der Waals surface area contributed by atoms with Crippen molar-refractivity contribution in [3.8, 4) is 11.4 Å². The first kappa shape index (κ1) is 16.2. The molecule has 2 heterocycles. The summed E-state index contributed by atoms with van der Waals surface area (Å²) in [5, 5.41) is 18.7. The Kier molecular flexibility index (Phi) is 4.33. The predicted octanol–water partition coefficient (Wildman–Crippen LogP) is 3.18. The molecule has 26 heavy (non-hydrogen) atoms. The number of anilines is 1. The highest BCUT2D eigenvalue weighted by Gasteiger charge is 2.13. The van der Waals surface area contributed by atoms with Crippen LogP contribution in [0.15, 0.2) is 67.0 Å². The van der Waals surface area contributed by atoms with Crippen molar-refractivity contribution in [2.24, 2.45) is 7.05 Å². The third-order valence-electron chi connectivity index (χ3n) is 4.21. The zero-order chi connectivity index (χ0) is 17.9. The molecule has 1 unspecified atom stereocenters. The van der Waals surface area contributed by atoms with Crippen molar-refractivity contribution >= 4 is 16.7 Å². The summed E-state index contributed by atoms with van der Waals surface area (Å²) in [4.78, 5) is 9.36. The van der Waals surface area contributed by atoms with E-state index in [2.05, 4.69) is 20.4 Å². The van der Waals surface area contributed by atoms with Crippen LogP contribution in [0.4, 0.5) is 5.82 Å². The average Bonchev–Trinajstić information content (AvgIpc) is 3.13. The maximum absolute atomic E-state index is 10.4. The fraction of sp³-hybridized carbons (Fsp3) is 0.150. The van der Waals surface area contributed by atoms with Gasteiger partial charge in [-0.3, -0.25) is 4.68 Å². The normalized spacial score (nSPS) is 12.2. The van der Waals surface area contributed by atoms with Crippen LogP contribution in [-0.4, -0.2) is 31.4 Å². The summed E-state index contributed by atoms with van der Waals surface area (Å²) in [6.07, 6.45) is 2.80. The number of benzene rings is 2. The third kappa shape index (κ3) is 3.27. The summed E-state index contributed by atoms with van der Waals surface area (Å²) in [6.45, 7) is 0.334. The van der Waals surface area contributed by atoms with E-state index in [1.165, 1.54) is 0 Å². The number of para-hydroxylation sites is 1. The highest BCUT2D eigenvalue weighted by Crippen LogP contribution is 2.25. The van der Waals surface area contributed by atoms with Gasteiger partial charge in [-0.25, -0.2) is 9.97 Å². The number of hydrogen-bond donors (Lipinski definition) is 2. The molecule has 0 saturated carbocycles. The first-order valence-corrected chi connectivity index (χ1v) is 8.43. The van der Waals surface area contributed by atoms with Crippen molar-refractivity contribution in [1.29, 1.82) is 0 Å². The summed E-state index contributed by atoms with van der Waals surface area (Å²) >= 11 is 0. The molecule has 4 aromatic rings. The summed E-state index contributed by atoms with van der Waals surface area (Å²) in [7, 11) is 1.83. The van der Waals surface area contributed by atoms with Crippen LogP contribution in [0.1, 0.15) is 11.7 Å². The number of nitrogens with one attached hydrogen (secondary N) is 1. The van der Waals surface area contributed by atoms with E-state index in [0.29, 0.717) is 18.2 Å². The van der Waals surface area contributed by atoms with Crippen LogP contribution < -0.4 is 5.32 Å². The number of nitrogens with zero attached hydrogens (tertiary/aromatic N) is 4. The molecule has 1 atom stereocenters. The molecule has 2 aromatic heterocycles. The smallest absolute Gasteiger partial charge is 0.162 e. The molecule has 0 fully saturated rings. The van der Waals surface area contributed by atoms with E-state index in [-0.39, 0.29) is 0 Å². The molecule has 130 valence electrons. The first-order chi connectivity index (χ1) is 12.7. The van der Waals surface area contributed by atoms with Crippen molar-refractivity contribution in [3.05, 3.63) is 72.6 Å². The number of hydrogen-bond acceptors (Lipinski definition) is 5. The monoisotopic (exact) mass is 345 g/mol. The second-order valence-electron chi connectivity index (χ2n) is 6.12. The van der Waals surface area contributed by atoms with Crippen molar-refractivity contribution in [3.63, 3.8) is 0 Å². The third-order valence-corrected chi connectivity index (χ3v) is 4.21. The summed E-state index contributed by atoms with van der Waals surface area (Å²) in [5.74, 6) is 1.36. The van der Waals surface area contributed by atoms with Gasteiger partial charge in [-0.05, 0) is 12.1 Å². The zero-order valence-corrected chi connectivity index (χ0v) is 14.4. The minimum absolute atomic E-state index is 0.334. The van der Waals surface area contributed by atoms with Gasteiger partial charge < -0.3 is 10.4 Å². The SMILES string of the molecule is Cn1cc(C(O)CNc2nc(-c3ccccc3)nc3ccccc23)cn1. The molecule has 6 nitrogen and oxygen atoms in total. The molecule has 2 aromatic carbocycles. The second-order valence-corrected chi connectivity index (χ2v) is 6.12. The van der Waals surface area contributed by atoms with E-state index in [9.17, 15) is 5.11 Å². The van der Waals surface area contributed by atoms with E-state index in [1.54, 1.807) is 17.1 Å². The minimum atomic E-state index is -0.669. The van der Waals surface area contributed by atoms with Gasteiger partial charge in [0.05, 0.1) is 17.8 Å². The number of aromatic nitrogens is 4. The van der Waals surface area contributed by atoms with Gasteiger partial charge in [-0.2, -0.15) is 5.10 Å². The van der Waals surface area contributed by atoms with E-state index in [0.717, 1.165) is 22.0 Å². The lowest BCUT2D eigenvalue weighted by Gasteiger charge is -2.13. The van der Waals surface area contributed by atoms with Gasteiger partial charge in [0.1, 0.15) is 5.82 Å². The summed E-state index contributed by atoms with van der Waals surface area (Å²) in [5.41, 5.74) is 2.58. The topological polar surface area (TPSA) is 75.9 Å². The lowest BCUT2D eigenvalue weighted by Crippen LogP contribution is -2.13. The van der Waals surface area contributed by atoms with Crippen LogP contribution in [0.25, 0.3) is 22.3 Å². The molecule has 0 aliphatic rings. The average molecular weight is 345 g/mol. The van der Waals surface area contributed by atoms with Gasteiger partial charge in [-0.1, -0.05) is 42.5 Å². The van der Waals surface area contributed by atoms with Crippen LogP contribution in [-0.2, 0) is 7.05 Å². The lowest BCUT2D eigenvalue weighted by atomic mass is 10.1. The second kappa shape index (κ2) is 6.93. The molecule has 0 bridgehead atoms. The standard InChI is InChI=1S/C20H19N5O/c1-25-13-15(11-22-25)18(26)12-21-20-16-9-5-6-10-17(16)23-19(24-20)14-7-3-2-4-8-14/h2-11,13,18,26H,12H2,1H3,(H,21,23,24). The molecular formula is C20H19N5O. The van der Waals surface area contributed by atoms with Crippen molar-refractivity contribution in [2.45, 2.75) is 6.10 Å². The van der Waals surface area contributed by atoms with Gasteiger partial charge in [0.25, 0.3) is 0 Å².